The number of nitrogens with one attached hydrogen (secondary N) is 1. The Balaban J connectivity index is 1.45. The van der Waals surface area contributed by atoms with E-state index in [1.165, 1.54) is 0 Å². The molecule has 2 aliphatic heterocycles. The molecule has 0 saturated carbocycles. The van der Waals surface area contributed by atoms with Gasteiger partial charge < -0.3 is 14.2 Å². The summed E-state index contributed by atoms with van der Waals surface area (Å²) in [7, 11) is 0. The van der Waals surface area contributed by atoms with E-state index in [0.717, 1.165) is 35.0 Å². The minimum absolute atomic E-state index is 0.0377. The SMILES string of the molecule is C[C@H]1CN(C(=O)c2n[nH]c3c2COCC3)Cc2nnc(-c3ccccn3)n21. The van der Waals surface area contributed by atoms with Crippen molar-refractivity contribution < 1.29 is 9.53 Å². The molecule has 3 aromatic rings. The van der Waals surface area contributed by atoms with Gasteiger partial charge in [0.15, 0.2) is 17.3 Å². The van der Waals surface area contributed by atoms with E-state index in [1.807, 2.05) is 18.2 Å². The lowest BCUT2D eigenvalue weighted by Crippen LogP contribution is -2.41. The third-order valence-electron chi connectivity index (χ3n) is 5.10. The van der Waals surface area contributed by atoms with Crippen LogP contribution in [0, 0.1) is 0 Å². The van der Waals surface area contributed by atoms with Crippen molar-refractivity contribution in [3.63, 3.8) is 0 Å². The van der Waals surface area contributed by atoms with Crippen molar-refractivity contribution in [2.24, 2.45) is 0 Å². The Hall–Kier alpha value is -3.07. The molecule has 3 aromatic heterocycles. The highest BCUT2D eigenvalue weighted by Gasteiger charge is 2.33. The molecule has 5 rings (SSSR count). The van der Waals surface area contributed by atoms with Gasteiger partial charge in [0.05, 0.1) is 25.8 Å². The van der Waals surface area contributed by atoms with Crippen molar-refractivity contribution in [3.05, 3.63) is 47.2 Å². The first kappa shape index (κ1) is 16.1. The highest BCUT2D eigenvalue weighted by Crippen LogP contribution is 2.28. The maximum absolute atomic E-state index is 13.1. The summed E-state index contributed by atoms with van der Waals surface area (Å²) in [6.45, 7) is 4.10. The summed E-state index contributed by atoms with van der Waals surface area (Å²) >= 11 is 0. The van der Waals surface area contributed by atoms with Gasteiger partial charge in [0.2, 0.25) is 0 Å². The molecule has 5 heterocycles. The molecule has 1 N–H and O–H groups in total. The van der Waals surface area contributed by atoms with Crippen LogP contribution in [0.5, 0.6) is 0 Å². The fourth-order valence-corrected chi connectivity index (χ4v) is 3.79. The second-order valence-corrected chi connectivity index (χ2v) is 6.89. The molecule has 27 heavy (non-hydrogen) atoms. The predicted octanol–water partition coefficient (Wildman–Crippen LogP) is 1.35. The first-order valence-corrected chi connectivity index (χ1v) is 9.00. The van der Waals surface area contributed by atoms with E-state index in [1.54, 1.807) is 11.1 Å². The summed E-state index contributed by atoms with van der Waals surface area (Å²) < 4.78 is 7.56. The van der Waals surface area contributed by atoms with E-state index in [2.05, 4.69) is 36.9 Å². The first-order chi connectivity index (χ1) is 13.2. The zero-order valence-corrected chi connectivity index (χ0v) is 14.9. The van der Waals surface area contributed by atoms with Crippen molar-refractivity contribution in [3.8, 4) is 11.5 Å². The number of fused-ring (bicyclic) bond motifs is 2. The summed E-state index contributed by atoms with van der Waals surface area (Å²) in [5, 5.41) is 15.9. The van der Waals surface area contributed by atoms with Crippen LogP contribution in [0.25, 0.3) is 11.5 Å². The van der Waals surface area contributed by atoms with Gasteiger partial charge in [0.25, 0.3) is 5.91 Å². The van der Waals surface area contributed by atoms with Crippen LogP contribution in [0.1, 0.15) is 40.5 Å². The number of amides is 1. The minimum atomic E-state index is -0.0986. The molecule has 9 nitrogen and oxygen atoms in total. The topological polar surface area (TPSA) is 102 Å². The van der Waals surface area contributed by atoms with E-state index in [9.17, 15) is 4.79 Å². The lowest BCUT2D eigenvalue weighted by atomic mass is 10.1. The number of H-pyrrole nitrogens is 1. The fourth-order valence-electron chi connectivity index (χ4n) is 3.79. The van der Waals surface area contributed by atoms with Crippen LogP contribution in [0.15, 0.2) is 24.4 Å². The number of carbonyl (C=O) groups excluding carboxylic acids is 1. The second kappa shape index (κ2) is 6.27. The molecular formula is C18H19N7O2. The summed E-state index contributed by atoms with van der Waals surface area (Å²) in [5.41, 5.74) is 3.10. The number of carbonyl (C=O) groups is 1. The Bertz CT molecular complexity index is 995. The predicted molar refractivity (Wildman–Crippen MR) is 94.7 cm³/mol. The van der Waals surface area contributed by atoms with Gasteiger partial charge in [-0.3, -0.25) is 14.9 Å². The van der Waals surface area contributed by atoms with E-state index >= 15 is 0 Å². The van der Waals surface area contributed by atoms with Crippen molar-refractivity contribution >= 4 is 5.91 Å². The minimum Gasteiger partial charge on any atom is -0.376 e. The van der Waals surface area contributed by atoms with Crippen molar-refractivity contribution in [1.82, 2.24) is 34.8 Å². The molecule has 1 atom stereocenters. The molecule has 0 aliphatic carbocycles. The Kier molecular flexibility index (Phi) is 3.75. The molecule has 0 radical (unpaired) electrons. The first-order valence-electron chi connectivity index (χ1n) is 9.00. The molecule has 0 aromatic carbocycles. The molecule has 2 aliphatic rings. The van der Waals surface area contributed by atoms with Crippen molar-refractivity contribution in [2.75, 3.05) is 13.2 Å². The average molecular weight is 365 g/mol. The normalized spacial score (nSPS) is 18.9. The monoisotopic (exact) mass is 365 g/mol. The van der Waals surface area contributed by atoms with Gasteiger partial charge in [-0.15, -0.1) is 10.2 Å². The number of pyridine rings is 1. The number of nitrogens with zero attached hydrogens (tertiary/aromatic N) is 6. The quantitative estimate of drug-likeness (QED) is 0.736. The van der Waals surface area contributed by atoms with Gasteiger partial charge >= 0.3 is 0 Å². The Morgan fingerprint density at radius 2 is 2.26 bits per heavy atom. The van der Waals surface area contributed by atoms with Gasteiger partial charge in [-0.25, -0.2) is 0 Å². The van der Waals surface area contributed by atoms with E-state index in [-0.39, 0.29) is 11.9 Å². The number of rotatable bonds is 2. The standard InChI is InChI=1S/C18H19N7O2/c1-11-8-24(18(26)16-12-10-27-7-5-13(12)20-22-16)9-15-21-23-17(25(11)15)14-4-2-3-6-19-14/h2-4,6,11H,5,7-10H2,1H3,(H,20,22)/t11-/m0/s1. The van der Waals surface area contributed by atoms with Crippen LogP contribution in [-0.2, 0) is 24.3 Å². The summed E-state index contributed by atoms with van der Waals surface area (Å²) in [4.78, 5) is 19.2. The van der Waals surface area contributed by atoms with Crippen LogP contribution in [-0.4, -0.2) is 53.9 Å². The van der Waals surface area contributed by atoms with Crippen LogP contribution in [0.4, 0.5) is 0 Å². The number of aromatic nitrogens is 6. The summed E-state index contributed by atoms with van der Waals surface area (Å²) in [5.74, 6) is 1.39. The zero-order valence-electron chi connectivity index (χ0n) is 14.9. The largest absolute Gasteiger partial charge is 0.376 e. The van der Waals surface area contributed by atoms with Crippen LogP contribution in [0.2, 0.25) is 0 Å². The highest BCUT2D eigenvalue weighted by molar-refractivity contribution is 5.94. The van der Waals surface area contributed by atoms with Crippen LogP contribution >= 0.6 is 0 Å². The molecule has 1 amide bonds. The number of hydrogen-bond donors (Lipinski definition) is 1. The van der Waals surface area contributed by atoms with E-state index in [0.29, 0.717) is 32.0 Å². The zero-order chi connectivity index (χ0) is 18.4. The average Bonchev–Trinajstić information content (AvgIpc) is 3.33. The second-order valence-electron chi connectivity index (χ2n) is 6.89. The molecular weight excluding hydrogens is 346 g/mol. The van der Waals surface area contributed by atoms with Crippen molar-refractivity contribution in [1.29, 1.82) is 0 Å². The number of aromatic amines is 1. The lowest BCUT2D eigenvalue weighted by molar-refractivity contribution is 0.0664. The molecule has 138 valence electrons. The molecule has 9 heteroatoms. The van der Waals surface area contributed by atoms with Crippen molar-refractivity contribution in [2.45, 2.75) is 32.5 Å². The molecule has 0 unspecified atom stereocenters. The third-order valence-corrected chi connectivity index (χ3v) is 5.10. The Labute approximate surface area is 155 Å². The van der Waals surface area contributed by atoms with Crippen LogP contribution in [0.3, 0.4) is 0 Å². The molecule has 0 fully saturated rings. The Morgan fingerprint density at radius 1 is 1.33 bits per heavy atom. The summed E-state index contributed by atoms with van der Waals surface area (Å²) in [6.07, 6.45) is 2.50. The summed E-state index contributed by atoms with van der Waals surface area (Å²) in [6, 6.07) is 5.75. The smallest absolute Gasteiger partial charge is 0.275 e. The van der Waals surface area contributed by atoms with E-state index < -0.39 is 0 Å². The number of ether oxygens (including phenoxy) is 1. The van der Waals surface area contributed by atoms with Gasteiger partial charge in [-0.05, 0) is 19.1 Å². The molecule has 0 bridgehead atoms. The fraction of sp³-hybridized carbons (Fsp3) is 0.389. The van der Waals surface area contributed by atoms with Crippen LogP contribution < -0.4 is 0 Å². The lowest BCUT2D eigenvalue weighted by Gasteiger charge is -2.32. The molecule has 0 spiro atoms. The van der Waals surface area contributed by atoms with E-state index in [4.69, 9.17) is 4.74 Å². The third kappa shape index (κ3) is 2.62. The van der Waals surface area contributed by atoms with Gasteiger partial charge in [-0.2, -0.15) is 5.10 Å². The van der Waals surface area contributed by atoms with Gasteiger partial charge in [0.1, 0.15) is 5.69 Å². The maximum Gasteiger partial charge on any atom is 0.275 e. The highest BCUT2D eigenvalue weighted by atomic mass is 16.5. The number of hydrogen-bond acceptors (Lipinski definition) is 6. The maximum atomic E-state index is 13.1. The van der Waals surface area contributed by atoms with Gasteiger partial charge in [0, 0.05) is 30.4 Å². The molecule has 0 saturated heterocycles. The van der Waals surface area contributed by atoms with Gasteiger partial charge in [-0.1, -0.05) is 6.07 Å². The Morgan fingerprint density at radius 3 is 3.11 bits per heavy atom.